The van der Waals surface area contributed by atoms with Crippen molar-refractivity contribution < 1.29 is 8.42 Å². The monoisotopic (exact) mass is 416 g/mol. The summed E-state index contributed by atoms with van der Waals surface area (Å²) in [5.74, 6) is 0. The van der Waals surface area contributed by atoms with E-state index < -0.39 is 10.0 Å². The van der Waals surface area contributed by atoms with E-state index in [0.29, 0.717) is 11.4 Å². The second-order valence-electron chi connectivity index (χ2n) is 8.01. The summed E-state index contributed by atoms with van der Waals surface area (Å²) in [6.07, 6.45) is 0. The second kappa shape index (κ2) is 9.26. The van der Waals surface area contributed by atoms with Crippen molar-refractivity contribution in [3.63, 3.8) is 0 Å². The van der Waals surface area contributed by atoms with Crippen molar-refractivity contribution in [1.82, 2.24) is 14.5 Å². The van der Waals surface area contributed by atoms with Gasteiger partial charge in [-0.3, -0.25) is 4.90 Å². The van der Waals surface area contributed by atoms with Crippen molar-refractivity contribution in [2.45, 2.75) is 17.9 Å². The molecule has 0 saturated carbocycles. The van der Waals surface area contributed by atoms with Gasteiger partial charge in [0.15, 0.2) is 0 Å². The third-order valence-corrected chi connectivity index (χ3v) is 7.01. The Morgan fingerprint density at radius 1 is 0.966 bits per heavy atom. The highest BCUT2D eigenvalue weighted by Crippen LogP contribution is 2.24. The number of nitrogens with zero attached hydrogens (tertiary/aromatic N) is 3. The Labute approximate surface area is 175 Å². The van der Waals surface area contributed by atoms with Crippen LogP contribution in [0.3, 0.4) is 0 Å². The van der Waals surface area contributed by atoms with E-state index in [1.165, 1.54) is 0 Å². The SMILES string of the molecule is Cc1ccc(S(=O)(=O)NCC(c2ccc(N(C)C)cc2)N2CCN(C)CC2)cc1. The summed E-state index contributed by atoms with van der Waals surface area (Å²) in [4.78, 5) is 7.05. The first-order chi connectivity index (χ1) is 13.8. The molecule has 2 aromatic carbocycles. The van der Waals surface area contributed by atoms with Gasteiger partial charge in [0.1, 0.15) is 0 Å². The molecular weight excluding hydrogens is 384 g/mol. The number of benzene rings is 2. The van der Waals surface area contributed by atoms with Crippen molar-refractivity contribution in [1.29, 1.82) is 0 Å². The van der Waals surface area contributed by atoms with Crippen molar-refractivity contribution in [2.75, 3.05) is 58.8 Å². The molecule has 1 fully saturated rings. The Kier molecular flexibility index (Phi) is 6.95. The molecule has 6 nitrogen and oxygen atoms in total. The molecule has 1 saturated heterocycles. The molecule has 0 aromatic heterocycles. The van der Waals surface area contributed by atoms with Crippen LogP contribution >= 0.6 is 0 Å². The topological polar surface area (TPSA) is 55.9 Å². The lowest BCUT2D eigenvalue weighted by Gasteiger charge is -2.38. The van der Waals surface area contributed by atoms with E-state index >= 15 is 0 Å². The molecule has 158 valence electrons. The van der Waals surface area contributed by atoms with Crippen molar-refractivity contribution in [3.8, 4) is 0 Å². The van der Waals surface area contributed by atoms with Crippen LogP contribution in [0.5, 0.6) is 0 Å². The number of hydrogen-bond donors (Lipinski definition) is 1. The fraction of sp³-hybridized carbons (Fsp3) is 0.455. The summed E-state index contributed by atoms with van der Waals surface area (Å²) in [5.41, 5.74) is 3.30. The van der Waals surface area contributed by atoms with Gasteiger partial charge < -0.3 is 9.80 Å². The van der Waals surface area contributed by atoms with Crippen LogP contribution in [-0.4, -0.2) is 72.1 Å². The standard InChI is InChI=1S/C22H32N4O2S/c1-18-5-11-21(12-6-18)29(27,28)23-17-22(26-15-13-25(4)14-16-26)19-7-9-20(10-8-19)24(2)3/h5-12,22-23H,13-17H2,1-4H3. The molecule has 1 aliphatic rings. The van der Waals surface area contributed by atoms with Gasteiger partial charge in [-0.25, -0.2) is 13.1 Å². The molecule has 1 unspecified atom stereocenters. The third-order valence-electron chi connectivity index (χ3n) is 5.57. The number of aryl methyl sites for hydroxylation is 1. The predicted octanol–water partition coefficient (Wildman–Crippen LogP) is 2.33. The minimum absolute atomic E-state index is 0.000126. The van der Waals surface area contributed by atoms with E-state index in [1.54, 1.807) is 12.1 Å². The maximum atomic E-state index is 12.8. The highest BCUT2D eigenvalue weighted by atomic mass is 32.2. The lowest BCUT2D eigenvalue weighted by Crippen LogP contribution is -2.48. The van der Waals surface area contributed by atoms with E-state index in [9.17, 15) is 8.42 Å². The van der Waals surface area contributed by atoms with Crippen LogP contribution in [0.15, 0.2) is 53.4 Å². The molecule has 1 aliphatic heterocycles. The number of anilines is 1. The summed E-state index contributed by atoms with van der Waals surface area (Å²) < 4.78 is 28.5. The minimum Gasteiger partial charge on any atom is -0.378 e. The summed E-state index contributed by atoms with van der Waals surface area (Å²) in [6.45, 7) is 6.10. The van der Waals surface area contributed by atoms with Gasteiger partial charge in [-0.05, 0) is 43.8 Å². The molecule has 0 spiro atoms. The van der Waals surface area contributed by atoms with Crippen molar-refractivity contribution in [3.05, 3.63) is 59.7 Å². The van der Waals surface area contributed by atoms with Gasteiger partial charge in [0.25, 0.3) is 0 Å². The fourth-order valence-electron chi connectivity index (χ4n) is 3.58. The molecule has 3 rings (SSSR count). The Balaban J connectivity index is 1.80. The zero-order valence-corrected chi connectivity index (χ0v) is 18.6. The quantitative estimate of drug-likeness (QED) is 0.751. The third kappa shape index (κ3) is 5.57. The minimum atomic E-state index is -3.55. The predicted molar refractivity (Wildman–Crippen MR) is 119 cm³/mol. The van der Waals surface area contributed by atoms with Gasteiger partial charge in [0.2, 0.25) is 10.0 Å². The number of rotatable bonds is 7. The number of likely N-dealkylation sites (N-methyl/N-ethyl adjacent to an activating group) is 1. The molecule has 0 amide bonds. The molecule has 0 aliphatic carbocycles. The van der Waals surface area contributed by atoms with E-state index in [0.717, 1.165) is 43.0 Å². The molecule has 1 heterocycles. The van der Waals surface area contributed by atoms with Crippen LogP contribution in [0.4, 0.5) is 5.69 Å². The van der Waals surface area contributed by atoms with Gasteiger partial charge in [0, 0.05) is 58.5 Å². The summed E-state index contributed by atoms with van der Waals surface area (Å²) >= 11 is 0. The second-order valence-corrected chi connectivity index (χ2v) is 9.77. The van der Waals surface area contributed by atoms with E-state index in [4.69, 9.17) is 0 Å². The zero-order valence-electron chi connectivity index (χ0n) is 17.8. The molecule has 2 aromatic rings. The zero-order chi connectivity index (χ0) is 21.0. The average Bonchev–Trinajstić information content (AvgIpc) is 2.70. The summed E-state index contributed by atoms with van der Waals surface area (Å²) in [6, 6.07) is 15.4. The fourth-order valence-corrected chi connectivity index (χ4v) is 4.61. The molecule has 0 bridgehead atoms. The van der Waals surface area contributed by atoms with Crippen molar-refractivity contribution in [2.24, 2.45) is 0 Å². The van der Waals surface area contributed by atoms with E-state index in [-0.39, 0.29) is 6.04 Å². The van der Waals surface area contributed by atoms with Gasteiger partial charge in [-0.1, -0.05) is 29.8 Å². The lowest BCUT2D eigenvalue weighted by molar-refractivity contribution is 0.113. The largest absolute Gasteiger partial charge is 0.378 e. The average molecular weight is 417 g/mol. The maximum Gasteiger partial charge on any atom is 0.240 e. The molecule has 0 radical (unpaired) electrons. The lowest BCUT2D eigenvalue weighted by atomic mass is 10.0. The van der Waals surface area contributed by atoms with Gasteiger partial charge in [-0.2, -0.15) is 0 Å². The molecule has 1 N–H and O–H groups in total. The maximum absolute atomic E-state index is 12.8. The van der Waals surface area contributed by atoms with Crippen LogP contribution in [0.2, 0.25) is 0 Å². The van der Waals surface area contributed by atoms with E-state index in [1.807, 2.05) is 33.2 Å². The Bertz CT molecular complexity index is 887. The van der Waals surface area contributed by atoms with Crippen LogP contribution in [0.1, 0.15) is 17.2 Å². The van der Waals surface area contributed by atoms with Gasteiger partial charge in [0.05, 0.1) is 4.90 Å². The highest BCUT2D eigenvalue weighted by Gasteiger charge is 2.26. The number of hydrogen-bond acceptors (Lipinski definition) is 5. The molecule has 1 atom stereocenters. The molecule has 7 heteroatoms. The van der Waals surface area contributed by atoms with Crippen LogP contribution < -0.4 is 9.62 Å². The first kappa shape index (κ1) is 21.8. The van der Waals surface area contributed by atoms with Gasteiger partial charge in [-0.15, -0.1) is 0 Å². The Morgan fingerprint density at radius 3 is 2.10 bits per heavy atom. The molecular formula is C22H32N4O2S. The van der Waals surface area contributed by atoms with Crippen LogP contribution in [-0.2, 0) is 10.0 Å². The number of sulfonamides is 1. The van der Waals surface area contributed by atoms with Crippen LogP contribution in [0, 0.1) is 6.92 Å². The summed E-state index contributed by atoms with van der Waals surface area (Å²) in [7, 11) is 2.61. The van der Waals surface area contributed by atoms with E-state index in [2.05, 4.69) is 50.7 Å². The highest BCUT2D eigenvalue weighted by molar-refractivity contribution is 7.89. The first-order valence-electron chi connectivity index (χ1n) is 10.0. The van der Waals surface area contributed by atoms with Crippen LogP contribution in [0.25, 0.3) is 0 Å². The molecule has 29 heavy (non-hydrogen) atoms. The normalized spacial score (nSPS) is 17.2. The smallest absolute Gasteiger partial charge is 0.240 e. The van der Waals surface area contributed by atoms with Gasteiger partial charge >= 0.3 is 0 Å². The van der Waals surface area contributed by atoms with Crippen molar-refractivity contribution >= 4 is 15.7 Å². The number of piperazine rings is 1. The Morgan fingerprint density at radius 2 is 1.55 bits per heavy atom. The number of nitrogens with one attached hydrogen (secondary N) is 1. The summed E-state index contributed by atoms with van der Waals surface area (Å²) in [5, 5.41) is 0. The Hall–Kier alpha value is -1.93. The first-order valence-corrected chi connectivity index (χ1v) is 11.5.